The molecule has 1 unspecified atom stereocenters. The van der Waals surface area contributed by atoms with Crippen molar-refractivity contribution in [1.82, 2.24) is 10.6 Å². The topological polar surface area (TPSA) is 24.1 Å². The van der Waals surface area contributed by atoms with Crippen molar-refractivity contribution in [2.45, 2.75) is 57.9 Å². The standard InChI is InChI=1S/C13H28N2/c1-12(10-14-2)15-11-13-8-6-4-3-5-7-9-13/h12-15H,3-11H2,1-2H3. The zero-order valence-corrected chi connectivity index (χ0v) is 10.5. The first kappa shape index (κ1) is 13.0. The molecule has 0 saturated heterocycles. The molecule has 2 N–H and O–H groups in total. The largest absolute Gasteiger partial charge is 0.318 e. The summed E-state index contributed by atoms with van der Waals surface area (Å²) in [5, 5.41) is 6.85. The van der Waals surface area contributed by atoms with Crippen LogP contribution >= 0.6 is 0 Å². The second kappa shape index (κ2) is 8.12. The summed E-state index contributed by atoms with van der Waals surface area (Å²) >= 11 is 0. The third-order valence-electron chi connectivity index (χ3n) is 3.49. The van der Waals surface area contributed by atoms with E-state index in [1.54, 1.807) is 0 Å². The van der Waals surface area contributed by atoms with E-state index in [9.17, 15) is 0 Å². The van der Waals surface area contributed by atoms with Gasteiger partial charge in [-0.15, -0.1) is 0 Å². The Hall–Kier alpha value is -0.0800. The Morgan fingerprint density at radius 2 is 1.67 bits per heavy atom. The van der Waals surface area contributed by atoms with E-state index in [2.05, 4.69) is 17.6 Å². The minimum absolute atomic E-state index is 0.612. The van der Waals surface area contributed by atoms with Crippen LogP contribution in [0.25, 0.3) is 0 Å². The summed E-state index contributed by atoms with van der Waals surface area (Å²) in [4.78, 5) is 0. The van der Waals surface area contributed by atoms with Crippen LogP contribution in [0.1, 0.15) is 51.9 Å². The summed E-state index contributed by atoms with van der Waals surface area (Å²) in [7, 11) is 2.02. The average Bonchev–Trinajstić information content (AvgIpc) is 2.16. The predicted octanol–water partition coefficient (Wildman–Crippen LogP) is 2.54. The maximum atomic E-state index is 3.64. The fraction of sp³-hybridized carbons (Fsp3) is 1.00. The van der Waals surface area contributed by atoms with Crippen molar-refractivity contribution >= 4 is 0 Å². The van der Waals surface area contributed by atoms with E-state index in [4.69, 9.17) is 0 Å². The maximum Gasteiger partial charge on any atom is 0.0164 e. The van der Waals surface area contributed by atoms with Crippen LogP contribution in [0.3, 0.4) is 0 Å². The molecular weight excluding hydrogens is 184 g/mol. The fourth-order valence-corrected chi connectivity index (χ4v) is 2.49. The van der Waals surface area contributed by atoms with Crippen LogP contribution in [0.2, 0.25) is 0 Å². The molecule has 2 nitrogen and oxygen atoms in total. The third kappa shape index (κ3) is 6.16. The Morgan fingerprint density at radius 1 is 1.07 bits per heavy atom. The number of rotatable bonds is 5. The van der Waals surface area contributed by atoms with Crippen molar-refractivity contribution in [2.75, 3.05) is 20.1 Å². The Bertz CT molecular complexity index is 139. The van der Waals surface area contributed by atoms with Gasteiger partial charge in [0.25, 0.3) is 0 Å². The second-order valence-electron chi connectivity index (χ2n) is 5.08. The molecule has 0 amide bonds. The third-order valence-corrected chi connectivity index (χ3v) is 3.49. The summed E-state index contributed by atoms with van der Waals surface area (Å²) in [6.45, 7) is 4.56. The summed E-state index contributed by atoms with van der Waals surface area (Å²) in [5.74, 6) is 0.935. The summed E-state index contributed by atoms with van der Waals surface area (Å²) in [6.07, 6.45) is 10.2. The Kier molecular flexibility index (Phi) is 7.03. The van der Waals surface area contributed by atoms with Gasteiger partial charge in [-0.25, -0.2) is 0 Å². The summed E-state index contributed by atoms with van der Waals surface area (Å²) in [5.41, 5.74) is 0. The number of nitrogens with one attached hydrogen (secondary N) is 2. The highest BCUT2D eigenvalue weighted by Crippen LogP contribution is 2.21. The zero-order chi connectivity index (χ0) is 10.9. The van der Waals surface area contributed by atoms with Gasteiger partial charge < -0.3 is 10.6 Å². The molecule has 0 aromatic heterocycles. The minimum Gasteiger partial charge on any atom is -0.318 e. The fourth-order valence-electron chi connectivity index (χ4n) is 2.49. The van der Waals surface area contributed by atoms with Gasteiger partial charge in [0.2, 0.25) is 0 Å². The van der Waals surface area contributed by atoms with Gasteiger partial charge in [0.15, 0.2) is 0 Å². The molecule has 2 heteroatoms. The van der Waals surface area contributed by atoms with Gasteiger partial charge in [0.05, 0.1) is 0 Å². The first-order valence-electron chi connectivity index (χ1n) is 6.71. The summed E-state index contributed by atoms with van der Waals surface area (Å²) in [6, 6.07) is 0.612. The van der Waals surface area contributed by atoms with Crippen LogP contribution in [0, 0.1) is 5.92 Å². The lowest BCUT2D eigenvalue weighted by molar-refractivity contribution is 0.346. The normalized spacial score (nSPS) is 22.0. The monoisotopic (exact) mass is 212 g/mol. The molecule has 1 atom stereocenters. The van der Waals surface area contributed by atoms with Crippen LogP contribution in [-0.4, -0.2) is 26.2 Å². The van der Waals surface area contributed by atoms with E-state index in [0.717, 1.165) is 12.5 Å². The van der Waals surface area contributed by atoms with Crippen molar-refractivity contribution < 1.29 is 0 Å². The molecule has 0 radical (unpaired) electrons. The van der Waals surface area contributed by atoms with Gasteiger partial charge >= 0.3 is 0 Å². The zero-order valence-electron chi connectivity index (χ0n) is 10.5. The smallest absolute Gasteiger partial charge is 0.0164 e. The highest BCUT2D eigenvalue weighted by atomic mass is 15.0. The molecule has 0 bridgehead atoms. The van der Waals surface area contributed by atoms with Gasteiger partial charge in [-0.05, 0) is 39.3 Å². The molecule has 0 aromatic carbocycles. The molecule has 1 rings (SSSR count). The van der Waals surface area contributed by atoms with E-state index >= 15 is 0 Å². The van der Waals surface area contributed by atoms with Gasteiger partial charge in [-0.1, -0.05) is 32.1 Å². The van der Waals surface area contributed by atoms with Crippen LogP contribution in [0.4, 0.5) is 0 Å². The number of hydrogen-bond acceptors (Lipinski definition) is 2. The van der Waals surface area contributed by atoms with Gasteiger partial charge in [0.1, 0.15) is 0 Å². The SMILES string of the molecule is CNCC(C)NCC1CCCCCCC1. The first-order valence-corrected chi connectivity index (χ1v) is 6.71. The van der Waals surface area contributed by atoms with E-state index in [0.29, 0.717) is 6.04 Å². The minimum atomic E-state index is 0.612. The first-order chi connectivity index (χ1) is 7.33. The average molecular weight is 212 g/mol. The van der Waals surface area contributed by atoms with Gasteiger partial charge in [-0.3, -0.25) is 0 Å². The van der Waals surface area contributed by atoms with E-state index in [-0.39, 0.29) is 0 Å². The van der Waals surface area contributed by atoms with Gasteiger partial charge in [-0.2, -0.15) is 0 Å². The Balaban J connectivity index is 2.11. The Labute approximate surface area is 95.2 Å². The molecule has 0 aromatic rings. The highest BCUT2D eigenvalue weighted by molar-refractivity contribution is 4.69. The molecule has 1 saturated carbocycles. The van der Waals surface area contributed by atoms with E-state index < -0.39 is 0 Å². The molecule has 1 fully saturated rings. The lowest BCUT2D eigenvalue weighted by Crippen LogP contribution is -2.37. The van der Waals surface area contributed by atoms with Crippen molar-refractivity contribution in [2.24, 2.45) is 5.92 Å². The van der Waals surface area contributed by atoms with Crippen molar-refractivity contribution in [3.63, 3.8) is 0 Å². The molecule has 90 valence electrons. The van der Waals surface area contributed by atoms with Crippen LogP contribution in [0.5, 0.6) is 0 Å². The molecule has 0 aliphatic heterocycles. The van der Waals surface area contributed by atoms with Crippen LogP contribution < -0.4 is 10.6 Å². The summed E-state index contributed by atoms with van der Waals surface area (Å²) < 4.78 is 0. The molecule has 0 spiro atoms. The molecule has 0 heterocycles. The van der Waals surface area contributed by atoms with E-state index in [1.165, 1.54) is 51.5 Å². The molecule has 1 aliphatic rings. The Morgan fingerprint density at radius 3 is 2.27 bits per heavy atom. The predicted molar refractivity (Wildman–Crippen MR) is 67.2 cm³/mol. The molecule has 1 aliphatic carbocycles. The van der Waals surface area contributed by atoms with Crippen LogP contribution in [0.15, 0.2) is 0 Å². The number of hydrogen-bond donors (Lipinski definition) is 2. The molecule has 15 heavy (non-hydrogen) atoms. The van der Waals surface area contributed by atoms with Crippen LogP contribution in [-0.2, 0) is 0 Å². The van der Waals surface area contributed by atoms with Gasteiger partial charge in [0, 0.05) is 12.6 Å². The lowest BCUT2D eigenvalue weighted by Gasteiger charge is -2.22. The number of likely N-dealkylation sites (N-methyl/N-ethyl adjacent to an activating group) is 1. The maximum absolute atomic E-state index is 3.64. The van der Waals surface area contributed by atoms with E-state index in [1.807, 2.05) is 7.05 Å². The van der Waals surface area contributed by atoms with Crippen molar-refractivity contribution in [1.29, 1.82) is 0 Å². The second-order valence-corrected chi connectivity index (χ2v) is 5.08. The highest BCUT2D eigenvalue weighted by Gasteiger charge is 2.11. The molecular formula is C13H28N2. The quantitative estimate of drug-likeness (QED) is 0.732. The lowest BCUT2D eigenvalue weighted by atomic mass is 9.91. The van der Waals surface area contributed by atoms with Crippen molar-refractivity contribution in [3.8, 4) is 0 Å². The van der Waals surface area contributed by atoms with Crippen molar-refractivity contribution in [3.05, 3.63) is 0 Å².